The number of Topliss-reactive ketones (excluding diaryl/α,β-unsaturated/α-hetero) is 1. The fraction of sp³-hybridized carbons (Fsp3) is 0.714. The van der Waals surface area contributed by atoms with Crippen molar-refractivity contribution < 1.29 is 9.59 Å². The van der Waals surface area contributed by atoms with Crippen molar-refractivity contribution in [2.75, 3.05) is 0 Å². The van der Waals surface area contributed by atoms with Crippen LogP contribution in [0.3, 0.4) is 0 Å². The van der Waals surface area contributed by atoms with Crippen LogP contribution < -0.4 is 0 Å². The molecule has 2 aliphatic carbocycles. The number of ketones is 2. The van der Waals surface area contributed by atoms with Crippen LogP contribution in [0.25, 0.3) is 0 Å². The van der Waals surface area contributed by atoms with Crippen molar-refractivity contribution in [1.29, 1.82) is 0 Å². The molecule has 1 atom stereocenters. The van der Waals surface area contributed by atoms with Gasteiger partial charge in [0, 0.05) is 19.3 Å². The Morgan fingerprint density at radius 2 is 2.06 bits per heavy atom. The second-order valence-corrected chi connectivity index (χ2v) is 4.67. The van der Waals surface area contributed by atoms with Crippen LogP contribution in [-0.4, -0.2) is 11.6 Å². The maximum Gasteiger partial charge on any atom is 0.155 e. The molecular formula is C14H22O2. The Kier molecular flexibility index (Phi) is 6.05. The Balaban J connectivity index is 0.000000165. The average Bonchev–Trinajstić information content (AvgIpc) is 2.31. The summed E-state index contributed by atoms with van der Waals surface area (Å²) < 4.78 is 0. The minimum atomic E-state index is 0.284. The van der Waals surface area contributed by atoms with Gasteiger partial charge < -0.3 is 0 Å². The summed E-state index contributed by atoms with van der Waals surface area (Å²) in [5.41, 5.74) is 0. The molecule has 0 radical (unpaired) electrons. The Morgan fingerprint density at radius 1 is 1.25 bits per heavy atom. The molecule has 2 heteroatoms. The predicted octanol–water partition coefficient (Wildman–Crippen LogP) is 3.45. The molecule has 0 spiro atoms. The third kappa shape index (κ3) is 5.24. The van der Waals surface area contributed by atoms with Crippen molar-refractivity contribution >= 4 is 11.6 Å². The molecule has 0 heterocycles. The monoisotopic (exact) mass is 222 g/mol. The van der Waals surface area contributed by atoms with Crippen LogP contribution in [0.1, 0.15) is 58.3 Å². The number of allylic oxidation sites excluding steroid dienone is 2. The van der Waals surface area contributed by atoms with E-state index in [9.17, 15) is 9.59 Å². The molecule has 0 aliphatic heterocycles. The number of hydrogen-bond acceptors (Lipinski definition) is 2. The summed E-state index contributed by atoms with van der Waals surface area (Å²) in [5.74, 6) is 1.48. The molecule has 2 rings (SSSR count). The quantitative estimate of drug-likeness (QED) is 0.681. The normalized spacial score (nSPS) is 24.9. The smallest absolute Gasteiger partial charge is 0.155 e. The zero-order valence-electron chi connectivity index (χ0n) is 10.2. The van der Waals surface area contributed by atoms with Gasteiger partial charge in [-0.3, -0.25) is 9.59 Å². The molecule has 0 unspecified atom stereocenters. The van der Waals surface area contributed by atoms with Crippen LogP contribution in [0.4, 0.5) is 0 Å². The van der Waals surface area contributed by atoms with Crippen LogP contribution in [0.15, 0.2) is 12.2 Å². The van der Waals surface area contributed by atoms with Crippen LogP contribution in [0.5, 0.6) is 0 Å². The maximum atomic E-state index is 10.8. The number of rotatable bonds is 1. The van der Waals surface area contributed by atoms with E-state index in [1.165, 1.54) is 12.8 Å². The van der Waals surface area contributed by atoms with Gasteiger partial charge in [-0.05, 0) is 37.7 Å². The maximum absolute atomic E-state index is 10.8. The number of carbonyl (C=O) groups is 2. The topological polar surface area (TPSA) is 34.1 Å². The van der Waals surface area contributed by atoms with E-state index < -0.39 is 0 Å². The van der Waals surface area contributed by atoms with Gasteiger partial charge in [-0.15, -0.1) is 0 Å². The lowest BCUT2D eigenvalue weighted by Crippen LogP contribution is -2.13. The van der Waals surface area contributed by atoms with Gasteiger partial charge in [0.05, 0.1) is 0 Å². The van der Waals surface area contributed by atoms with E-state index in [2.05, 4.69) is 6.92 Å². The second kappa shape index (κ2) is 7.37. The van der Waals surface area contributed by atoms with E-state index in [0.717, 1.165) is 38.5 Å². The second-order valence-electron chi connectivity index (χ2n) is 4.67. The van der Waals surface area contributed by atoms with Crippen LogP contribution in [0.2, 0.25) is 0 Å². The lowest BCUT2D eigenvalue weighted by atomic mass is 9.87. The zero-order chi connectivity index (χ0) is 11.8. The van der Waals surface area contributed by atoms with Crippen molar-refractivity contribution in [2.24, 2.45) is 5.92 Å². The Morgan fingerprint density at radius 3 is 2.44 bits per heavy atom. The standard InChI is InChI=1S/C8H14O.C6H8O/c1-2-7-4-3-5-8(9)6-7;7-6-4-2-1-3-5-6/h7H,2-6H2,1H3;2,4H,1,3,5H2/t7-;/m0./s1. The Bertz CT molecular complexity index is 266. The predicted molar refractivity (Wildman–Crippen MR) is 65.3 cm³/mol. The van der Waals surface area contributed by atoms with Crippen LogP contribution in [0, 0.1) is 5.92 Å². The van der Waals surface area contributed by atoms with E-state index in [1.807, 2.05) is 6.08 Å². The lowest BCUT2D eigenvalue weighted by molar-refractivity contribution is -0.121. The summed E-state index contributed by atoms with van der Waals surface area (Å²) in [6.45, 7) is 2.17. The first-order valence-corrected chi connectivity index (χ1v) is 6.43. The SMILES string of the molecule is CC[C@H]1CCCC(=O)C1.O=C1C=CCCC1. The molecule has 0 aromatic rings. The molecule has 0 aromatic carbocycles. The van der Waals surface area contributed by atoms with E-state index in [4.69, 9.17) is 0 Å². The third-order valence-electron chi connectivity index (χ3n) is 3.26. The Hall–Kier alpha value is -0.920. The van der Waals surface area contributed by atoms with Crippen molar-refractivity contribution in [3.63, 3.8) is 0 Å². The lowest BCUT2D eigenvalue weighted by Gasteiger charge is -2.18. The highest BCUT2D eigenvalue weighted by Crippen LogP contribution is 2.23. The minimum Gasteiger partial charge on any atom is -0.300 e. The van der Waals surface area contributed by atoms with Crippen molar-refractivity contribution in [3.8, 4) is 0 Å². The summed E-state index contributed by atoms with van der Waals surface area (Å²) in [5, 5.41) is 0. The molecule has 16 heavy (non-hydrogen) atoms. The van der Waals surface area contributed by atoms with Gasteiger partial charge in [-0.1, -0.05) is 19.4 Å². The molecule has 0 bridgehead atoms. The number of hydrogen-bond donors (Lipinski definition) is 0. The van der Waals surface area contributed by atoms with Gasteiger partial charge in [0.15, 0.2) is 5.78 Å². The first-order valence-electron chi connectivity index (χ1n) is 6.43. The van der Waals surface area contributed by atoms with Gasteiger partial charge in [-0.25, -0.2) is 0 Å². The average molecular weight is 222 g/mol. The Labute approximate surface area is 98.1 Å². The first-order chi connectivity index (χ1) is 7.72. The highest BCUT2D eigenvalue weighted by Gasteiger charge is 2.16. The van der Waals surface area contributed by atoms with Crippen molar-refractivity contribution in [3.05, 3.63) is 12.2 Å². The highest BCUT2D eigenvalue weighted by molar-refractivity contribution is 5.90. The zero-order valence-corrected chi connectivity index (χ0v) is 10.2. The molecule has 1 saturated carbocycles. The molecule has 2 aliphatic rings. The molecule has 90 valence electrons. The largest absolute Gasteiger partial charge is 0.300 e. The van der Waals surface area contributed by atoms with Gasteiger partial charge in [0.1, 0.15) is 5.78 Å². The number of carbonyl (C=O) groups excluding carboxylic acids is 2. The van der Waals surface area contributed by atoms with Gasteiger partial charge in [0.25, 0.3) is 0 Å². The first kappa shape index (κ1) is 13.1. The molecule has 0 saturated heterocycles. The summed E-state index contributed by atoms with van der Waals surface area (Å²) in [7, 11) is 0. The van der Waals surface area contributed by atoms with E-state index in [-0.39, 0.29) is 5.78 Å². The molecule has 0 N–H and O–H groups in total. The molecule has 1 fully saturated rings. The van der Waals surface area contributed by atoms with E-state index >= 15 is 0 Å². The van der Waals surface area contributed by atoms with Crippen LogP contribution in [-0.2, 0) is 9.59 Å². The summed E-state index contributed by atoms with van der Waals surface area (Å²) in [6, 6.07) is 0. The van der Waals surface area contributed by atoms with Gasteiger partial charge in [0.2, 0.25) is 0 Å². The fourth-order valence-electron chi connectivity index (χ4n) is 2.15. The summed E-state index contributed by atoms with van der Waals surface area (Å²) in [6.07, 6.45) is 11.8. The fourth-order valence-corrected chi connectivity index (χ4v) is 2.15. The molecular weight excluding hydrogens is 200 g/mol. The molecule has 0 aromatic heterocycles. The van der Waals surface area contributed by atoms with Crippen molar-refractivity contribution in [1.82, 2.24) is 0 Å². The minimum absolute atomic E-state index is 0.284. The van der Waals surface area contributed by atoms with Gasteiger partial charge >= 0.3 is 0 Å². The summed E-state index contributed by atoms with van der Waals surface area (Å²) in [4.78, 5) is 21.2. The third-order valence-corrected chi connectivity index (χ3v) is 3.26. The summed E-state index contributed by atoms with van der Waals surface area (Å²) >= 11 is 0. The highest BCUT2D eigenvalue weighted by atomic mass is 16.1. The van der Waals surface area contributed by atoms with E-state index in [0.29, 0.717) is 11.7 Å². The van der Waals surface area contributed by atoms with E-state index in [1.54, 1.807) is 6.08 Å². The van der Waals surface area contributed by atoms with Crippen LogP contribution >= 0.6 is 0 Å². The van der Waals surface area contributed by atoms with Gasteiger partial charge in [-0.2, -0.15) is 0 Å². The molecule has 2 nitrogen and oxygen atoms in total. The van der Waals surface area contributed by atoms with Crippen molar-refractivity contribution in [2.45, 2.75) is 58.3 Å². The molecule has 0 amide bonds.